The number of hydrogen-bond acceptors (Lipinski definition) is 14. The van der Waals surface area contributed by atoms with Crippen LogP contribution in [-0.2, 0) is 33.2 Å². The Morgan fingerprint density at radius 3 is 1.37 bits per heavy atom. The third-order valence-corrected chi connectivity index (χ3v) is 11.6. The summed E-state index contributed by atoms with van der Waals surface area (Å²) in [4.78, 5) is 12.9. The lowest BCUT2D eigenvalue weighted by Crippen LogP contribution is -2.61. The maximum atomic E-state index is 12.9. The van der Waals surface area contributed by atoms with E-state index in [1.165, 1.54) is 116 Å². The van der Waals surface area contributed by atoms with Gasteiger partial charge in [0.1, 0.15) is 54.9 Å². The van der Waals surface area contributed by atoms with Crippen LogP contribution in [0.2, 0.25) is 0 Å². The molecule has 0 spiro atoms. The van der Waals surface area contributed by atoms with Gasteiger partial charge in [0.25, 0.3) is 0 Å². The van der Waals surface area contributed by atoms with Gasteiger partial charge in [-0.2, -0.15) is 0 Å². The van der Waals surface area contributed by atoms with E-state index >= 15 is 0 Å². The van der Waals surface area contributed by atoms with Gasteiger partial charge >= 0.3 is 5.97 Å². The molecule has 2 aliphatic heterocycles. The molecule has 0 saturated carbocycles. The second kappa shape index (κ2) is 34.5. The third-order valence-electron chi connectivity index (χ3n) is 11.6. The van der Waals surface area contributed by atoms with Gasteiger partial charge in [0.15, 0.2) is 12.6 Å². The minimum absolute atomic E-state index is 0.0691. The van der Waals surface area contributed by atoms with Gasteiger partial charge in [-0.15, -0.1) is 0 Å². The average Bonchev–Trinajstić information content (AvgIpc) is 3.23. The lowest BCUT2D eigenvalue weighted by Gasteiger charge is -2.42. The zero-order valence-corrected chi connectivity index (χ0v) is 36.8. The van der Waals surface area contributed by atoms with Crippen molar-refractivity contribution in [1.82, 2.24) is 0 Å². The van der Waals surface area contributed by atoms with Crippen molar-refractivity contribution in [3.8, 4) is 0 Å². The molecule has 2 rings (SSSR count). The molecule has 0 aromatic rings. The number of ether oxygens (including phenoxy) is 6. The summed E-state index contributed by atoms with van der Waals surface area (Å²) in [5.41, 5.74) is 0. The van der Waals surface area contributed by atoms with Gasteiger partial charge < -0.3 is 64.2 Å². The number of aliphatic hydroxyl groups excluding tert-OH is 7. The molecule has 0 amide bonds. The van der Waals surface area contributed by atoms with E-state index in [2.05, 4.69) is 13.8 Å². The van der Waals surface area contributed by atoms with Gasteiger partial charge in [-0.25, -0.2) is 0 Å². The van der Waals surface area contributed by atoms with Crippen molar-refractivity contribution in [3.63, 3.8) is 0 Å². The number of aliphatic hydroxyl groups is 7. The van der Waals surface area contributed by atoms with Crippen LogP contribution < -0.4 is 0 Å². The van der Waals surface area contributed by atoms with Crippen molar-refractivity contribution in [2.75, 3.05) is 33.0 Å². The van der Waals surface area contributed by atoms with E-state index in [1.807, 2.05) is 0 Å². The minimum Gasteiger partial charge on any atom is -0.457 e. The Balaban J connectivity index is 1.79. The number of esters is 1. The molecule has 14 heteroatoms. The quantitative estimate of drug-likeness (QED) is 0.0294. The van der Waals surface area contributed by atoms with Crippen molar-refractivity contribution >= 4 is 5.97 Å². The summed E-state index contributed by atoms with van der Waals surface area (Å²) in [5.74, 6) is -0.373. The summed E-state index contributed by atoms with van der Waals surface area (Å²) in [7, 11) is 0. The second-order valence-electron chi connectivity index (χ2n) is 16.9. The first-order valence-corrected chi connectivity index (χ1v) is 23.6. The fourth-order valence-corrected chi connectivity index (χ4v) is 7.70. The molecular weight excluding hydrogens is 764 g/mol. The standard InChI is InChI=1S/C45H86O14/c1-3-5-7-9-11-13-15-16-17-18-19-20-22-24-26-28-37(47)57-34(31-54-29-27-25-23-21-14-12-10-8-6-4-2)32-55-44-43(53)41(51)39(49)36(59-44)33-56-45-42(52)40(50)38(48)35(30-46)58-45/h34-36,38-46,48-53H,3-33H2,1-2H3. The molecule has 2 heterocycles. The highest BCUT2D eigenvalue weighted by Crippen LogP contribution is 2.26. The molecule has 11 atom stereocenters. The zero-order valence-electron chi connectivity index (χ0n) is 36.8. The summed E-state index contributed by atoms with van der Waals surface area (Å²) >= 11 is 0. The van der Waals surface area contributed by atoms with Crippen LogP contribution in [0.4, 0.5) is 0 Å². The molecule has 11 unspecified atom stereocenters. The Kier molecular flexibility index (Phi) is 31.6. The predicted molar refractivity (Wildman–Crippen MR) is 224 cm³/mol. The van der Waals surface area contributed by atoms with Gasteiger partial charge in [-0.05, 0) is 12.8 Å². The minimum atomic E-state index is -1.70. The molecule has 2 saturated heterocycles. The van der Waals surface area contributed by atoms with E-state index in [0.29, 0.717) is 13.0 Å². The molecule has 0 aromatic heterocycles. The maximum Gasteiger partial charge on any atom is 0.306 e. The van der Waals surface area contributed by atoms with Crippen LogP contribution in [0.3, 0.4) is 0 Å². The highest BCUT2D eigenvalue weighted by atomic mass is 16.7. The fourth-order valence-electron chi connectivity index (χ4n) is 7.70. The van der Waals surface area contributed by atoms with Crippen LogP contribution in [0.15, 0.2) is 0 Å². The molecule has 0 radical (unpaired) electrons. The Morgan fingerprint density at radius 2 is 0.898 bits per heavy atom. The molecule has 14 nitrogen and oxygen atoms in total. The molecule has 0 bridgehead atoms. The number of unbranched alkanes of at least 4 members (excludes halogenated alkanes) is 23. The first kappa shape index (κ1) is 54.1. The summed E-state index contributed by atoms with van der Waals surface area (Å²) in [6.45, 7) is 3.70. The third kappa shape index (κ3) is 23.3. The number of rotatable bonds is 37. The van der Waals surface area contributed by atoms with Crippen LogP contribution in [0, 0.1) is 0 Å². The maximum absolute atomic E-state index is 12.9. The fraction of sp³-hybridized carbons (Fsp3) is 0.978. The molecule has 59 heavy (non-hydrogen) atoms. The van der Waals surface area contributed by atoms with Gasteiger partial charge in [0.05, 0.1) is 26.4 Å². The number of hydrogen-bond donors (Lipinski definition) is 7. The monoisotopic (exact) mass is 851 g/mol. The Labute approximate surface area is 355 Å². The second-order valence-corrected chi connectivity index (χ2v) is 16.9. The van der Waals surface area contributed by atoms with E-state index in [9.17, 15) is 40.5 Å². The molecule has 2 aliphatic rings. The van der Waals surface area contributed by atoms with Gasteiger partial charge in [-0.3, -0.25) is 4.79 Å². The summed E-state index contributed by atoms with van der Waals surface area (Å²) in [5, 5.41) is 71.9. The Hall–Kier alpha value is -1.01. The van der Waals surface area contributed by atoms with Crippen LogP contribution >= 0.6 is 0 Å². The number of carbonyl (C=O) groups is 1. The lowest BCUT2D eigenvalue weighted by atomic mass is 9.98. The van der Waals surface area contributed by atoms with Crippen LogP contribution in [0.25, 0.3) is 0 Å². The van der Waals surface area contributed by atoms with E-state index < -0.39 is 80.7 Å². The van der Waals surface area contributed by atoms with Gasteiger partial charge in [0, 0.05) is 13.0 Å². The SMILES string of the molecule is CCCCCCCCCCCCCCCCCC(=O)OC(COCCCCCCCCCCCC)COC1OC(COC2OC(CO)C(O)C(O)C2O)C(O)C(O)C1O. The van der Waals surface area contributed by atoms with E-state index in [1.54, 1.807) is 0 Å². The zero-order chi connectivity index (χ0) is 43.1. The van der Waals surface area contributed by atoms with Crippen molar-refractivity contribution in [2.45, 2.75) is 248 Å². The van der Waals surface area contributed by atoms with E-state index in [-0.39, 0.29) is 25.6 Å². The van der Waals surface area contributed by atoms with Crippen molar-refractivity contribution in [2.24, 2.45) is 0 Å². The van der Waals surface area contributed by atoms with Gasteiger partial charge in [0.2, 0.25) is 0 Å². The first-order chi connectivity index (χ1) is 28.6. The highest BCUT2D eigenvalue weighted by Gasteiger charge is 2.47. The van der Waals surface area contributed by atoms with Crippen LogP contribution in [-0.4, -0.2) is 142 Å². The summed E-state index contributed by atoms with van der Waals surface area (Å²) in [6, 6.07) is 0. The van der Waals surface area contributed by atoms with E-state index in [4.69, 9.17) is 28.4 Å². The smallest absolute Gasteiger partial charge is 0.306 e. The molecule has 0 aromatic carbocycles. The van der Waals surface area contributed by atoms with E-state index in [0.717, 1.165) is 38.5 Å². The van der Waals surface area contributed by atoms with Crippen LogP contribution in [0.5, 0.6) is 0 Å². The molecular formula is C45H86O14. The largest absolute Gasteiger partial charge is 0.457 e. The van der Waals surface area contributed by atoms with Crippen LogP contribution in [0.1, 0.15) is 181 Å². The first-order valence-electron chi connectivity index (χ1n) is 23.6. The summed E-state index contributed by atoms with van der Waals surface area (Å²) < 4.78 is 34.1. The van der Waals surface area contributed by atoms with Crippen molar-refractivity contribution in [3.05, 3.63) is 0 Å². The molecule has 0 aliphatic carbocycles. The predicted octanol–water partition coefficient (Wildman–Crippen LogP) is 5.74. The molecule has 7 N–H and O–H groups in total. The number of carbonyl (C=O) groups excluding carboxylic acids is 1. The van der Waals surface area contributed by atoms with Gasteiger partial charge in [-0.1, -0.05) is 162 Å². The summed E-state index contributed by atoms with van der Waals surface area (Å²) in [6.07, 6.45) is 14.6. The Bertz CT molecular complexity index is 990. The normalized spacial score (nSPS) is 27.9. The topological polar surface area (TPSA) is 214 Å². The van der Waals surface area contributed by atoms with Crippen molar-refractivity contribution in [1.29, 1.82) is 0 Å². The highest BCUT2D eigenvalue weighted by molar-refractivity contribution is 5.69. The van der Waals surface area contributed by atoms with Crippen molar-refractivity contribution < 1.29 is 69.0 Å². The molecule has 350 valence electrons. The lowest BCUT2D eigenvalue weighted by molar-refractivity contribution is -0.332. The Morgan fingerprint density at radius 1 is 0.492 bits per heavy atom. The molecule has 2 fully saturated rings. The average molecular weight is 851 g/mol.